The number of hydrogen-bond acceptors (Lipinski definition) is 6. The quantitative estimate of drug-likeness (QED) is 0.475. The predicted molar refractivity (Wildman–Crippen MR) is 104 cm³/mol. The Hall–Kier alpha value is -3.96. The van der Waals surface area contributed by atoms with E-state index in [1.165, 1.54) is 36.6 Å². The average Bonchev–Trinajstić information content (AvgIpc) is 3.39. The maximum atomic E-state index is 14.8. The molecule has 3 aromatic heterocycles. The highest BCUT2D eigenvalue weighted by Crippen LogP contribution is 2.38. The lowest BCUT2D eigenvalue weighted by atomic mass is 10.1. The van der Waals surface area contributed by atoms with Crippen molar-refractivity contribution >= 4 is 28.3 Å². The van der Waals surface area contributed by atoms with Gasteiger partial charge in [0.1, 0.15) is 29.5 Å². The van der Waals surface area contributed by atoms with E-state index < -0.39 is 29.6 Å². The van der Waals surface area contributed by atoms with Gasteiger partial charge in [-0.1, -0.05) is 0 Å². The predicted octanol–water partition coefficient (Wildman–Crippen LogP) is 3.22. The largest absolute Gasteiger partial charge is 0.475 e. The van der Waals surface area contributed by atoms with Crippen LogP contribution in [0.25, 0.3) is 16.6 Å². The van der Waals surface area contributed by atoms with Crippen LogP contribution in [0.2, 0.25) is 0 Å². The van der Waals surface area contributed by atoms with Crippen LogP contribution in [-0.4, -0.2) is 43.8 Å². The van der Waals surface area contributed by atoms with E-state index in [1.54, 1.807) is 4.40 Å². The van der Waals surface area contributed by atoms with Crippen molar-refractivity contribution in [3.63, 3.8) is 0 Å². The molecule has 0 saturated carbocycles. The maximum absolute atomic E-state index is 14.8. The lowest BCUT2D eigenvalue weighted by Crippen LogP contribution is -2.32. The van der Waals surface area contributed by atoms with Gasteiger partial charge >= 0.3 is 6.18 Å². The van der Waals surface area contributed by atoms with Gasteiger partial charge in [0, 0.05) is 18.7 Å². The molecule has 2 N–H and O–H groups in total. The molecule has 4 aromatic rings. The van der Waals surface area contributed by atoms with Crippen LogP contribution >= 0.6 is 0 Å². The average molecular weight is 446 g/mol. The summed E-state index contributed by atoms with van der Waals surface area (Å²) in [5.41, 5.74) is 6.00. The smallest absolute Gasteiger partial charge is 0.433 e. The monoisotopic (exact) mass is 446 g/mol. The van der Waals surface area contributed by atoms with E-state index in [1.807, 2.05) is 0 Å². The van der Waals surface area contributed by atoms with Crippen LogP contribution in [0.15, 0.2) is 36.8 Å². The number of alkyl halides is 3. The summed E-state index contributed by atoms with van der Waals surface area (Å²) in [4.78, 5) is 26.0. The summed E-state index contributed by atoms with van der Waals surface area (Å²) in [7, 11) is 1.42. The third kappa shape index (κ3) is 2.98. The second kappa shape index (κ2) is 6.77. The number of pyridine rings is 1. The second-order valence-electron chi connectivity index (χ2n) is 7.30. The number of anilines is 1. The number of carbonyl (C=O) groups is 1. The number of rotatable bonds is 2. The Bertz CT molecular complexity index is 1400. The number of nitrogens with two attached hydrogens (primary N) is 1. The highest BCUT2D eigenvalue weighted by Gasteiger charge is 2.37. The van der Waals surface area contributed by atoms with Crippen LogP contribution in [0.5, 0.6) is 5.88 Å². The first-order chi connectivity index (χ1) is 15.1. The van der Waals surface area contributed by atoms with Crippen LogP contribution < -0.4 is 10.5 Å². The maximum Gasteiger partial charge on any atom is 0.433 e. The molecule has 1 atom stereocenters. The first kappa shape index (κ1) is 20.0. The molecule has 1 aliphatic rings. The molecule has 5 rings (SSSR count). The van der Waals surface area contributed by atoms with Crippen LogP contribution in [0, 0.1) is 5.82 Å². The summed E-state index contributed by atoms with van der Waals surface area (Å²) >= 11 is 0. The van der Waals surface area contributed by atoms with Gasteiger partial charge in [-0.2, -0.15) is 13.2 Å². The molecule has 8 nitrogen and oxygen atoms in total. The van der Waals surface area contributed by atoms with Crippen molar-refractivity contribution in [2.45, 2.75) is 12.2 Å². The number of ether oxygens (including phenoxy) is 1. The van der Waals surface area contributed by atoms with Crippen LogP contribution in [0.4, 0.5) is 23.4 Å². The number of hydrogen-bond donors (Lipinski definition) is 1. The normalized spacial score (nSPS) is 15.7. The molecular formula is C20H14F4N6O2. The van der Waals surface area contributed by atoms with Crippen molar-refractivity contribution < 1.29 is 27.1 Å². The van der Waals surface area contributed by atoms with Gasteiger partial charge in [0.05, 0.1) is 35.2 Å². The number of benzene rings is 1. The molecule has 164 valence electrons. The molecule has 0 bridgehead atoms. The summed E-state index contributed by atoms with van der Waals surface area (Å²) in [6.07, 6.45) is -1.66. The third-order valence-electron chi connectivity index (χ3n) is 5.40. The molecule has 0 saturated heterocycles. The topological polar surface area (TPSA) is 98.6 Å². The summed E-state index contributed by atoms with van der Waals surface area (Å²) in [6.45, 7) is -0.106. The van der Waals surface area contributed by atoms with Crippen molar-refractivity contribution in [1.82, 2.24) is 24.3 Å². The molecule has 4 heterocycles. The first-order valence-electron chi connectivity index (χ1n) is 9.34. The fourth-order valence-corrected chi connectivity index (χ4v) is 3.74. The number of amides is 1. The zero-order chi connectivity index (χ0) is 22.8. The van der Waals surface area contributed by atoms with Gasteiger partial charge in [0.2, 0.25) is 5.88 Å². The molecule has 0 unspecified atom stereocenters. The fourth-order valence-electron chi connectivity index (χ4n) is 3.74. The number of aromatic nitrogens is 4. The summed E-state index contributed by atoms with van der Waals surface area (Å²) in [6, 6.07) is 3.74. The third-order valence-corrected chi connectivity index (χ3v) is 5.40. The van der Waals surface area contributed by atoms with E-state index in [2.05, 4.69) is 15.0 Å². The zero-order valence-electron chi connectivity index (χ0n) is 16.4. The highest BCUT2D eigenvalue weighted by atomic mass is 19.4. The number of carbonyl (C=O) groups excluding carboxylic acids is 1. The van der Waals surface area contributed by atoms with Crippen LogP contribution in [0.3, 0.4) is 0 Å². The minimum Gasteiger partial charge on any atom is -0.475 e. The minimum absolute atomic E-state index is 0.106. The number of nitrogen functional groups attached to an aromatic ring is 1. The molecule has 0 fully saturated rings. The number of fused-ring (bicyclic) bond motifs is 4. The van der Waals surface area contributed by atoms with Gasteiger partial charge in [-0.05, 0) is 18.2 Å². The van der Waals surface area contributed by atoms with E-state index in [4.69, 9.17) is 10.5 Å². The first-order valence-corrected chi connectivity index (χ1v) is 9.34. The molecule has 1 aromatic carbocycles. The van der Waals surface area contributed by atoms with E-state index in [-0.39, 0.29) is 29.4 Å². The minimum atomic E-state index is -4.62. The second-order valence-corrected chi connectivity index (χ2v) is 7.30. The van der Waals surface area contributed by atoms with Crippen LogP contribution in [0.1, 0.15) is 27.7 Å². The zero-order valence-corrected chi connectivity index (χ0v) is 16.4. The summed E-state index contributed by atoms with van der Waals surface area (Å²) < 4.78 is 60.4. The molecular weight excluding hydrogens is 432 g/mol. The van der Waals surface area contributed by atoms with Crippen molar-refractivity contribution in [2.75, 3.05) is 19.4 Å². The van der Waals surface area contributed by atoms with Crippen LogP contribution in [-0.2, 0) is 6.18 Å². The molecule has 0 spiro atoms. The van der Waals surface area contributed by atoms with E-state index in [9.17, 15) is 22.4 Å². The molecule has 32 heavy (non-hydrogen) atoms. The molecule has 12 heteroatoms. The van der Waals surface area contributed by atoms with Crippen molar-refractivity contribution in [3.05, 3.63) is 59.4 Å². The molecule has 0 radical (unpaired) electrons. The Morgan fingerprint density at radius 1 is 1.25 bits per heavy atom. The van der Waals surface area contributed by atoms with Gasteiger partial charge in [0.15, 0.2) is 0 Å². The number of imidazole rings is 1. The Kier molecular flexibility index (Phi) is 4.23. The van der Waals surface area contributed by atoms with Crippen molar-refractivity contribution in [3.8, 4) is 5.88 Å². The summed E-state index contributed by atoms with van der Waals surface area (Å²) in [5.74, 6) is -1.54. The van der Waals surface area contributed by atoms with E-state index in [0.717, 1.165) is 12.1 Å². The Labute approximate surface area is 177 Å². The Morgan fingerprint density at radius 2 is 2.03 bits per heavy atom. The van der Waals surface area contributed by atoms with E-state index in [0.29, 0.717) is 16.6 Å². The van der Waals surface area contributed by atoms with Gasteiger partial charge in [-0.3, -0.25) is 9.20 Å². The lowest BCUT2D eigenvalue weighted by Gasteiger charge is -2.24. The van der Waals surface area contributed by atoms with Crippen molar-refractivity contribution in [1.29, 1.82) is 0 Å². The molecule has 1 aliphatic heterocycles. The number of halogens is 4. The lowest BCUT2D eigenvalue weighted by molar-refractivity contribution is -0.141. The van der Waals surface area contributed by atoms with E-state index >= 15 is 0 Å². The van der Waals surface area contributed by atoms with Crippen molar-refractivity contribution in [2.24, 2.45) is 0 Å². The standard InChI is InChI=1S/C20H14F4N6O2/c1-29(15-7-32-18-9(15)2-3-16(28-18)20(22,23)24)19(31)10-4-13-12(5-11(10)21)27-17(25)14-6-26-8-30(13)14/h2-6,8,15H,7H2,1H3,(H2,25,27)/t15-/m1/s1. The molecule has 0 aliphatic carbocycles. The Morgan fingerprint density at radius 3 is 2.78 bits per heavy atom. The van der Waals surface area contributed by atoms with Gasteiger partial charge in [0.25, 0.3) is 5.91 Å². The number of nitrogens with zero attached hydrogens (tertiary/aromatic N) is 5. The molecule has 1 amide bonds. The fraction of sp³-hybridized carbons (Fsp3) is 0.200. The SMILES string of the molecule is CN(C(=O)c1cc2c(cc1F)nc(N)c1cncn12)[C@@H]1COc2nc(C(F)(F)F)ccc21. The summed E-state index contributed by atoms with van der Waals surface area (Å²) in [5, 5.41) is 0. The highest BCUT2D eigenvalue weighted by molar-refractivity contribution is 5.98. The Balaban J connectivity index is 1.53. The van der Waals surface area contributed by atoms with Gasteiger partial charge < -0.3 is 15.4 Å². The number of likely N-dealkylation sites (N-methyl/N-ethyl adjacent to an activating group) is 1. The van der Waals surface area contributed by atoms with Gasteiger partial charge in [-0.15, -0.1) is 0 Å². The van der Waals surface area contributed by atoms with Gasteiger partial charge in [-0.25, -0.2) is 19.3 Å².